The lowest BCUT2D eigenvalue weighted by Gasteiger charge is -2.17. The number of benzene rings is 1. The minimum absolute atomic E-state index is 0.0787. The third-order valence-corrected chi connectivity index (χ3v) is 3.32. The van der Waals surface area contributed by atoms with Crippen LogP contribution in [0.5, 0.6) is 5.75 Å². The van der Waals surface area contributed by atoms with Crippen molar-refractivity contribution in [3.8, 4) is 5.75 Å². The van der Waals surface area contributed by atoms with Gasteiger partial charge in [0.2, 0.25) is 0 Å². The molecule has 0 aliphatic heterocycles. The summed E-state index contributed by atoms with van der Waals surface area (Å²) in [6, 6.07) is 4.49. The van der Waals surface area contributed by atoms with Crippen LogP contribution in [0.15, 0.2) is 18.2 Å². The summed E-state index contributed by atoms with van der Waals surface area (Å²) >= 11 is 16.5. The predicted octanol–water partition coefficient (Wildman–Crippen LogP) is 3.96. The molecule has 1 N–H and O–H groups in total. The van der Waals surface area contributed by atoms with Gasteiger partial charge in [-0.25, -0.2) is 4.79 Å². The smallest absolute Gasteiger partial charge is 0.341 e. The Hall–Kier alpha value is -1.17. The van der Waals surface area contributed by atoms with Gasteiger partial charge in [0.15, 0.2) is 0 Å². The van der Waals surface area contributed by atoms with Crippen LogP contribution in [0.2, 0.25) is 0 Å². The highest BCUT2D eigenvalue weighted by atomic mass is 35.6. The number of anilines is 1. The third-order valence-electron chi connectivity index (χ3n) is 2.80. The number of nitrogens with one attached hydrogen (secondary N) is 1. The second-order valence-corrected chi connectivity index (χ2v) is 6.77. The molecule has 0 heterocycles. The molecule has 0 fully saturated rings. The van der Waals surface area contributed by atoms with E-state index in [9.17, 15) is 9.59 Å². The van der Waals surface area contributed by atoms with Gasteiger partial charge in [-0.2, -0.15) is 0 Å². The standard InChI is InChI=1S/C14H16Cl3NO4/c1-4-8(2)22-11-6-5-9(7-10(11)12(19)21-3)18-13(20)14(15,16)17/h5-8H,4H2,1-3H3,(H,18,20)/t8-/m0/s1. The molecule has 0 unspecified atom stereocenters. The summed E-state index contributed by atoms with van der Waals surface area (Å²) in [5.74, 6) is -1.07. The van der Waals surface area contributed by atoms with Crippen LogP contribution in [0.25, 0.3) is 0 Å². The van der Waals surface area contributed by atoms with E-state index in [1.54, 1.807) is 12.1 Å². The summed E-state index contributed by atoms with van der Waals surface area (Å²) in [5, 5.41) is 2.40. The quantitative estimate of drug-likeness (QED) is 0.631. The fourth-order valence-electron chi connectivity index (χ4n) is 1.48. The van der Waals surface area contributed by atoms with Gasteiger partial charge in [0.25, 0.3) is 9.70 Å². The lowest BCUT2D eigenvalue weighted by molar-refractivity contribution is -0.115. The normalized spacial score (nSPS) is 12.5. The zero-order valence-electron chi connectivity index (χ0n) is 12.3. The number of carbonyl (C=O) groups excluding carboxylic acids is 2. The Morgan fingerprint density at radius 1 is 1.32 bits per heavy atom. The fourth-order valence-corrected chi connectivity index (χ4v) is 1.62. The molecule has 22 heavy (non-hydrogen) atoms. The molecule has 1 aromatic rings. The topological polar surface area (TPSA) is 64.6 Å². The number of alkyl halides is 3. The molecule has 0 saturated heterocycles. The maximum atomic E-state index is 11.8. The van der Waals surface area contributed by atoms with Gasteiger partial charge in [-0.05, 0) is 31.5 Å². The summed E-state index contributed by atoms with van der Waals surface area (Å²) in [6.45, 7) is 3.83. The van der Waals surface area contributed by atoms with Crippen molar-refractivity contribution in [1.82, 2.24) is 0 Å². The third kappa shape index (κ3) is 5.23. The van der Waals surface area contributed by atoms with Crippen molar-refractivity contribution in [2.24, 2.45) is 0 Å². The van der Waals surface area contributed by atoms with Crippen LogP contribution in [0.1, 0.15) is 30.6 Å². The van der Waals surface area contributed by atoms with Gasteiger partial charge >= 0.3 is 5.97 Å². The Bertz CT molecular complexity index is 558. The number of carbonyl (C=O) groups is 2. The molecule has 0 radical (unpaired) electrons. The molecule has 122 valence electrons. The van der Waals surface area contributed by atoms with Crippen LogP contribution in [-0.4, -0.2) is 28.9 Å². The number of halogens is 3. The van der Waals surface area contributed by atoms with Gasteiger partial charge in [0, 0.05) is 5.69 Å². The van der Waals surface area contributed by atoms with Crippen LogP contribution in [-0.2, 0) is 9.53 Å². The van der Waals surface area contributed by atoms with E-state index in [1.807, 2.05) is 13.8 Å². The zero-order valence-corrected chi connectivity index (χ0v) is 14.6. The van der Waals surface area contributed by atoms with Crippen LogP contribution < -0.4 is 10.1 Å². The van der Waals surface area contributed by atoms with E-state index in [4.69, 9.17) is 44.3 Å². The monoisotopic (exact) mass is 367 g/mol. The van der Waals surface area contributed by atoms with Gasteiger partial charge in [-0.15, -0.1) is 0 Å². The Morgan fingerprint density at radius 2 is 1.95 bits per heavy atom. The van der Waals surface area contributed by atoms with E-state index in [0.717, 1.165) is 6.42 Å². The zero-order chi connectivity index (χ0) is 16.9. The second-order valence-electron chi connectivity index (χ2n) is 4.49. The van der Waals surface area contributed by atoms with Crippen molar-refractivity contribution >= 4 is 52.4 Å². The molecule has 0 bridgehead atoms. The van der Waals surface area contributed by atoms with Gasteiger partial charge in [0.1, 0.15) is 11.3 Å². The SMILES string of the molecule is CC[C@H](C)Oc1ccc(NC(=O)C(Cl)(Cl)Cl)cc1C(=O)OC. The highest BCUT2D eigenvalue weighted by Crippen LogP contribution is 2.29. The lowest BCUT2D eigenvalue weighted by Crippen LogP contribution is -2.27. The molecule has 1 aromatic carbocycles. The van der Waals surface area contributed by atoms with Crippen molar-refractivity contribution in [2.75, 3.05) is 12.4 Å². The van der Waals surface area contributed by atoms with E-state index in [-0.39, 0.29) is 17.4 Å². The summed E-state index contributed by atoms with van der Waals surface area (Å²) < 4.78 is 8.26. The van der Waals surface area contributed by atoms with Crippen molar-refractivity contribution in [3.05, 3.63) is 23.8 Å². The Balaban J connectivity index is 3.09. The maximum Gasteiger partial charge on any atom is 0.341 e. The molecule has 5 nitrogen and oxygen atoms in total. The number of rotatable bonds is 5. The summed E-state index contributed by atoms with van der Waals surface area (Å²) in [6.07, 6.45) is 0.692. The summed E-state index contributed by atoms with van der Waals surface area (Å²) in [7, 11) is 1.25. The first-order valence-corrected chi connectivity index (χ1v) is 7.59. The van der Waals surface area contributed by atoms with Crippen LogP contribution >= 0.6 is 34.8 Å². The number of hydrogen-bond donors (Lipinski definition) is 1. The number of methoxy groups -OCH3 is 1. The average molecular weight is 369 g/mol. The summed E-state index contributed by atoms with van der Waals surface area (Å²) in [4.78, 5) is 23.5. The van der Waals surface area contributed by atoms with Crippen molar-refractivity contribution in [2.45, 2.75) is 30.2 Å². The minimum Gasteiger partial charge on any atom is -0.490 e. The molecule has 8 heteroatoms. The first-order chi connectivity index (χ1) is 10.2. The van der Waals surface area contributed by atoms with E-state index in [0.29, 0.717) is 5.75 Å². The predicted molar refractivity (Wildman–Crippen MR) is 87.1 cm³/mol. The highest BCUT2D eigenvalue weighted by Gasteiger charge is 2.31. The molecule has 0 spiro atoms. The maximum absolute atomic E-state index is 11.8. The molecular weight excluding hydrogens is 353 g/mol. The van der Waals surface area contributed by atoms with E-state index in [1.165, 1.54) is 13.2 Å². The van der Waals surface area contributed by atoms with E-state index >= 15 is 0 Å². The second kappa shape index (κ2) is 7.90. The van der Waals surface area contributed by atoms with Crippen LogP contribution in [0, 0.1) is 0 Å². The first kappa shape index (κ1) is 18.9. The molecule has 0 aliphatic carbocycles. The largest absolute Gasteiger partial charge is 0.490 e. The number of ether oxygens (including phenoxy) is 2. The summed E-state index contributed by atoms with van der Waals surface area (Å²) in [5.41, 5.74) is 0.457. The highest BCUT2D eigenvalue weighted by molar-refractivity contribution is 6.76. The van der Waals surface area contributed by atoms with E-state index in [2.05, 4.69) is 5.32 Å². The molecule has 1 amide bonds. The molecule has 0 aromatic heterocycles. The van der Waals surface area contributed by atoms with E-state index < -0.39 is 15.7 Å². The molecule has 0 saturated carbocycles. The number of esters is 1. The van der Waals surface area contributed by atoms with Crippen molar-refractivity contribution < 1.29 is 19.1 Å². The van der Waals surface area contributed by atoms with Gasteiger partial charge in [-0.3, -0.25) is 4.79 Å². The molecule has 1 rings (SSSR count). The van der Waals surface area contributed by atoms with Gasteiger partial charge in [0.05, 0.1) is 13.2 Å². The first-order valence-electron chi connectivity index (χ1n) is 6.46. The molecule has 0 aliphatic rings. The van der Waals surface area contributed by atoms with Crippen molar-refractivity contribution in [3.63, 3.8) is 0 Å². The minimum atomic E-state index is -2.10. The van der Waals surface area contributed by atoms with Gasteiger partial charge in [-0.1, -0.05) is 41.7 Å². The Kier molecular flexibility index (Phi) is 6.78. The molecular formula is C14H16Cl3NO4. The molecule has 1 atom stereocenters. The Labute approximate surface area is 143 Å². The number of hydrogen-bond acceptors (Lipinski definition) is 4. The average Bonchev–Trinajstić information content (AvgIpc) is 2.46. The number of amides is 1. The fraction of sp³-hybridized carbons (Fsp3) is 0.429. The van der Waals surface area contributed by atoms with Crippen LogP contribution in [0.3, 0.4) is 0 Å². The Morgan fingerprint density at radius 3 is 2.45 bits per heavy atom. The van der Waals surface area contributed by atoms with Crippen molar-refractivity contribution in [1.29, 1.82) is 0 Å². The van der Waals surface area contributed by atoms with Crippen LogP contribution in [0.4, 0.5) is 5.69 Å². The lowest BCUT2D eigenvalue weighted by atomic mass is 10.1. The van der Waals surface area contributed by atoms with Gasteiger partial charge < -0.3 is 14.8 Å².